The molecule has 0 aromatic carbocycles. The predicted octanol–water partition coefficient (Wildman–Crippen LogP) is 2.83. The first-order valence-corrected chi connectivity index (χ1v) is 14.3. The smallest absolute Gasteiger partial charge is 0.275 e. The molecule has 8 heteroatoms. The van der Waals surface area contributed by atoms with Gasteiger partial charge in [-0.25, -0.2) is 0 Å². The van der Waals surface area contributed by atoms with Crippen LogP contribution in [0.15, 0.2) is 0 Å². The minimum atomic E-state index is 0.135. The number of hydrogen-bond donors (Lipinski definition) is 2. The summed E-state index contributed by atoms with van der Waals surface area (Å²) in [6, 6.07) is 0. The molecule has 0 atom stereocenters. The highest BCUT2D eigenvalue weighted by atomic mass is 32.2. The van der Waals surface area contributed by atoms with Gasteiger partial charge in [-0.15, -0.1) is 0 Å². The quantitative estimate of drug-likeness (QED) is 0.209. The Morgan fingerprint density at radius 3 is 1.39 bits per heavy atom. The molecule has 0 aromatic heterocycles. The van der Waals surface area contributed by atoms with E-state index >= 15 is 0 Å². The van der Waals surface area contributed by atoms with Crippen LogP contribution in [0.2, 0.25) is 0 Å². The Bertz CT molecular complexity index is 446. The fourth-order valence-corrected chi connectivity index (χ4v) is 4.95. The molecule has 6 nitrogen and oxygen atoms in total. The van der Waals surface area contributed by atoms with Crippen LogP contribution in [0.25, 0.3) is 0 Å². The SMILES string of the molecule is CCCSCCCNC(=O)C[N+](C)(C)CCC[N+](C)(C)CC(=O)NCCCSCCC. The van der Waals surface area contributed by atoms with Gasteiger partial charge in [0.1, 0.15) is 0 Å². The molecule has 0 aliphatic heterocycles. The third kappa shape index (κ3) is 19.9. The lowest BCUT2D eigenvalue weighted by Crippen LogP contribution is -2.51. The molecule has 0 saturated carbocycles. The summed E-state index contributed by atoms with van der Waals surface area (Å²) in [5.74, 6) is 4.90. The molecule has 0 aliphatic carbocycles. The molecule has 0 aromatic rings. The summed E-state index contributed by atoms with van der Waals surface area (Å²) < 4.78 is 1.36. The number of carbonyl (C=O) groups excluding carboxylic acids is 2. The summed E-state index contributed by atoms with van der Waals surface area (Å²) in [7, 11) is 8.44. The number of likely N-dealkylation sites (N-methyl/N-ethyl adjacent to an activating group) is 2. The Morgan fingerprint density at radius 2 is 1.03 bits per heavy atom. The number of thioether (sulfide) groups is 2. The Hall–Kier alpha value is -0.440. The van der Waals surface area contributed by atoms with Crippen molar-refractivity contribution in [2.45, 2.75) is 46.0 Å². The fraction of sp³-hybridized carbons (Fsp3) is 0.913. The van der Waals surface area contributed by atoms with Crippen molar-refractivity contribution in [2.75, 3.05) is 90.5 Å². The van der Waals surface area contributed by atoms with Crippen LogP contribution in [0.1, 0.15) is 46.0 Å². The van der Waals surface area contributed by atoms with Crippen molar-refractivity contribution in [3.05, 3.63) is 0 Å². The molecule has 0 aliphatic rings. The van der Waals surface area contributed by atoms with E-state index in [1.807, 2.05) is 23.5 Å². The summed E-state index contributed by atoms with van der Waals surface area (Å²) >= 11 is 3.91. The first kappa shape index (κ1) is 30.6. The van der Waals surface area contributed by atoms with Gasteiger partial charge >= 0.3 is 0 Å². The average molecular weight is 479 g/mol. The van der Waals surface area contributed by atoms with Gasteiger partial charge in [-0.3, -0.25) is 9.59 Å². The highest BCUT2D eigenvalue weighted by Crippen LogP contribution is 2.06. The van der Waals surface area contributed by atoms with Gasteiger partial charge in [-0.1, -0.05) is 13.8 Å². The van der Waals surface area contributed by atoms with Crippen LogP contribution in [-0.2, 0) is 9.59 Å². The van der Waals surface area contributed by atoms with E-state index in [0.29, 0.717) is 22.1 Å². The summed E-state index contributed by atoms with van der Waals surface area (Å²) in [6.07, 6.45) is 5.48. The molecule has 0 heterocycles. The number of carbonyl (C=O) groups is 2. The zero-order valence-electron chi connectivity index (χ0n) is 21.1. The van der Waals surface area contributed by atoms with Crippen LogP contribution in [0.5, 0.6) is 0 Å². The Labute approximate surface area is 200 Å². The lowest BCUT2D eigenvalue weighted by Gasteiger charge is -2.32. The third-order valence-corrected chi connectivity index (χ3v) is 7.49. The molecule has 0 rings (SSSR count). The van der Waals surface area contributed by atoms with Crippen molar-refractivity contribution in [2.24, 2.45) is 0 Å². The number of nitrogens with zero attached hydrogens (tertiary/aromatic N) is 2. The fourth-order valence-electron chi connectivity index (χ4n) is 3.27. The molecule has 31 heavy (non-hydrogen) atoms. The van der Waals surface area contributed by atoms with E-state index < -0.39 is 0 Å². The molecule has 0 bridgehead atoms. The molecular weight excluding hydrogens is 428 g/mol. The maximum absolute atomic E-state index is 12.2. The van der Waals surface area contributed by atoms with Gasteiger partial charge in [0.25, 0.3) is 11.8 Å². The largest absolute Gasteiger partial charge is 0.351 e. The lowest BCUT2D eigenvalue weighted by molar-refractivity contribution is -0.901. The number of quaternary nitrogens is 2. The van der Waals surface area contributed by atoms with Gasteiger partial charge in [-0.05, 0) is 48.7 Å². The summed E-state index contributed by atoms with van der Waals surface area (Å²) in [4.78, 5) is 24.5. The second-order valence-electron chi connectivity index (χ2n) is 9.62. The van der Waals surface area contributed by atoms with E-state index in [1.54, 1.807) is 0 Å². The van der Waals surface area contributed by atoms with Crippen molar-refractivity contribution in [1.29, 1.82) is 0 Å². The minimum Gasteiger partial charge on any atom is -0.351 e. The Morgan fingerprint density at radius 1 is 0.645 bits per heavy atom. The van der Waals surface area contributed by atoms with Gasteiger partial charge in [0, 0.05) is 19.5 Å². The van der Waals surface area contributed by atoms with Gasteiger partial charge < -0.3 is 19.6 Å². The van der Waals surface area contributed by atoms with E-state index in [-0.39, 0.29) is 11.8 Å². The Balaban J connectivity index is 3.99. The molecule has 0 spiro atoms. The van der Waals surface area contributed by atoms with Gasteiger partial charge in [0.05, 0.1) is 41.3 Å². The lowest BCUT2D eigenvalue weighted by atomic mass is 10.3. The van der Waals surface area contributed by atoms with Gasteiger partial charge in [0.15, 0.2) is 13.1 Å². The molecule has 0 saturated heterocycles. The standard InChI is InChI=1S/C23H48N4O2S2/c1-7-16-30-18-9-12-24-22(28)20-26(3,4)14-11-15-27(5,6)21-23(29)25-13-10-19-31-17-8-2/h7-21H2,1-6H3/p+2. The van der Waals surface area contributed by atoms with E-state index in [2.05, 4.69) is 52.7 Å². The second kappa shape index (κ2) is 18.0. The summed E-state index contributed by atoms with van der Waals surface area (Å²) in [5.41, 5.74) is 0. The molecule has 184 valence electrons. The van der Waals surface area contributed by atoms with Crippen LogP contribution < -0.4 is 10.6 Å². The topological polar surface area (TPSA) is 58.2 Å². The predicted molar refractivity (Wildman–Crippen MR) is 139 cm³/mol. The average Bonchev–Trinajstić information content (AvgIpc) is 2.66. The Kier molecular flexibility index (Phi) is 17.8. The molecular formula is C23H50N4O2S2+2. The van der Waals surface area contributed by atoms with Crippen LogP contribution in [0.3, 0.4) is 0 Å². The normalized spacial score (nSPS) is 12.1. The molecule has 0 radical (unpaired) electrons. The van der Waals surface area contributed by atoms with Crippen molar-refractivity contribution in [1.82, 2.24) is 10.6 Å². The van der Waals surface area contributed by atoms with E-state index in [9.17, 15) is 9.59 Å². The first-order valence-electron chi connectivity index (χ1n) is 11.9. The molecule has 2 N–H and O–H groups in total. The third-order valence-electron chi connectivity index (χ3n) is 4.94. The van der Waals surface area contributed by atoms with E-state index in [0.717, 1.165) is 56.9 Å². The van der Waals surface area contributed by atoms with Gasteiger partial charge in [-0.2, -0.15) is 23.5 Å². The number of rotatable bonds is 20. The van der Waals surface area contributed by atoms with E-state index in [4.69, 9.17) is 0 Å². The van der Waals surface area contributed by atoms with Crippen molar-refractivity contribution in [3.63, 3.8) is 0 Å². The van der Waals surface area contributed by atoms with Crippen molar-refractivity contribution >= 4 is 35.3 Å². The highest BCUT2D eigenvalue weighted by Gasteiger charge is 2.24. The van der Waals surface area contributed by atoms with Crippen LogP contribution in [-0.4, -0.2) is 111 Å². The van der Waals surface area contributed by atoms with Crippen LogP contribution in [0, 0.1) is 0 Å². The minimum absolute atomic E-state index is 0.135. The van der Waals surface area contributed by atoms with Crippen molar-refractivity contribution < 1.29 is 18.6 Å². The second-order valence-corrected chi connectivity index (χ2v) is 12.1. The number of nitrogens with one attached hydrogen (secondary N) is 2. The van der Waals surface area contributed by atoms with Gasteiger partial charge in [0.2, 0.25) is 0 Å². The number of amides is 2. The summed E-state index contributed by atoms with van der Waals surface area (Å²) in [6.45, 7) is 8.80. The maximum Gasteiger partial charge on any atom is 0.275 e. The molecule has 2 amide bonds. The highest BCUT2D eigenvalue weighted by molar-refractivity contribution is 7.99. The van der Waals surface area contributed by atoms with Crippen LogP contribution >= 0.6 is 23.5 Å². The monoisotopic (exact) mass is 478 g/mol. The molecule has 0 fully saturated rings. The number of hydrogen-bond acceptors (Lipinski definition) is 4. The van der Waals surface area contributed by atoms with Crippen LogP contribution in [0.4, 0.5) is 0 Å². The summed E-state index contributed by atoms with van der Waals surface area (Å²) in [5, 5.41) is 6.12. The van der Waals surface area contributed by atoms with Crippen molar-refractivity contribution in [3.8, 4) is 0 Å². The zero-order chi connectivity index (χ0) is 23.6. The zero-order valence-corrected chi connectivity index (χ0v) is 22.8. The van der Waals surface area contributed by atoms with E-state index in [1.165, 1.54) is 24.3 Å². The molecule has 0 unspecified atom stereocenters. The maximum atomic E-state index is 12.2. The first-order chi connectivity index (χ1) is 14.6.